The minimum atomic E-state index is -1.63. The van der Waals surface area contributed by atoms with Gasteiger partial charge < -0.3 is 36.8 Å². The van der Waals surface area contributed by atoms with Gasteiger partial charge in [-0.3, -0.25) is 9.59 Å². The Morgan fingerprint density at radius 1 is 0.962 bits per heavy atom. The standard InChI is InChI=1S/C23H27F2N5O2S.C13H18ClN3O2/c1-23(2,32)20(25)11-27-22(31)16-10-26-21(9-18(16)29-14-4-3-13(24)7-14)30-15-5-6-17-19(8-15)33-12-28-17;1-2-15-13(19)10-7-16-12(14)6-11(10)17-8-3-4-9(18)5-8/h5-6,8-10,12-14,20,32H,3-4,7,11H2,1-2H3,(H,27,31)(H2,26,29,30);6-9,18H,2-5H2,1H3,(H,15,19)(H,16,17)/t13?,14?,20-;/m1./s1. The van der Waals surface area contributed by atoms with Crippen molar-refractivity contribution in [3.8, 4) is 0 Å². The summed E-state index contributed by atoms with van der Waals surface area (Å²) in [5.41, 5.74) is 3.80. The van der Waals surface area contributed by atoms with Gasteiger partial charge in [0.05, 0.1) is 56.5 Å². The number of benzene rings is 1. The van der Waals surface area contributed by atoms with E-state index in [0.29, 0.717) is 60.1 Å². The maximum Gasteiger partial charge on any atom is 0.255 e. The molecule has 4 unspecified atom stereocenters. The first-order valence-corrected chi connectivity index (χ1v) is 18.6. The summed E-state index contributed by atoms with van der Waals surface area (Å²) >= 11 is 7.41. The van der Waals surface area contributed by atoms with Crippen molar-refractivity contribution in [3.05, 3.63) is 64.5 Å². The molecule has 2 saturated carbocycles. The van der Waals surface area contributed by atoms with Gasteiger partial charge in [-0.2, -0.15) is 0 Å². The molecule has 16 heteroatoms. The highest BCUT2D eigenvalue weighted by Gasteiger charge is 2.29. The van der Waals surface area contributed by atoms with Crippen LogP contribution in [0, 0.1) is 0 Å². The number of alkyl halides is 2. The smallest absolute Gasteiger partial charge is 0.255 e. The predicted molar refractivity (Wildman–Crippen MR) is 201 cm³/mol. The second kappa shape index (κ2) is 17.6. The number of rotatable bonds is 12. The number of nitrogens with one attached hydrogen (secondary N) is 5. The Kier molecular flexibility index (Phi) is 13.2. The molecule has 2 aliphatic rings. The number of carbonyl (C=O) groups is 2. The van der Waals surface area contributed by atoms with Crippen molar-refractivity contribution < 1.29 is 28.6 Å². The third-order valence-corrected chi connectivity index (χ3v) is 9.90. The van der Waals surface area contributed by atoms with E-state index in [4.69, 9.17) is 11.6 Å². The average Bonchev–Trinajstić information content (AvgIpc) is 3.84. The monoisotopic (exact) mass is 758 g/mol. The van der Waals surface area contributed by atoms with Gasteiger partial charge in [0, 0.05) is 42.8 Å². The minimum Gasteiger partial charge on any atom is -0.393 e. The van der Waals surface area contributed by atoms with E-state index in [1.807, 2.05) is 25.1 Å². The Morgan fingerprint density at radius 3 is 2.29 bits per heavy atom. The van der Waals surface area contributed by atoms with Crippen LogP contribution < -0.4 is 26.6 Å². The zero-order valence-corrected chi connectivity index (χ0v) is 30.8. The largest absolute Gasteiger partial charge is 0.393 e. The molecule has 0 saturated heterocycles. The van der Waals surface area contributed by atoms with Crippen LogP contribution in [0.5, 0.6) is 0 Å². The molecule has 0 aliphatic heterocycles. The Morgan fingerprint density at radius 2 is 1.63 bits per heavy atom. The Labute approximate surface area is 310 Å². The van der Waals surface area contributed by atoms with Crippen molar-refractivity contribution in [1.29, 1.82) is 0 Å². The first kappa shape index (κ1) is 39.0. The van der Waals surface area contributed by atoms with Crippen LogP contribution in [0.15, 0.2) is 48.2 Å². The van der Waals surface area contributed by atoms with Crippen LogP contribution in [0.4, 0.5) is 31.7 Å². The summed E-state index contributed by atoms with van der Waals surface area (Å²) in [5.74, 6) is -0.190. The van der Waals surface area contributed by atoms with Gasteiger partial charge in [-0.1, -0.05) is 11.6 Å². The number of hydrogen-bond acceptors (Lipinski definition) is 11. The van der Waals surface area contributed by atoms with Crippen LogP contribution in [0.2, 0.25) is 5.15 Å². The van der Waals surface area contributed by atoms with E-state index in [-0.39, 0.29) is 36.2 Å². The van der Waals surface area contributed by atoms with Gasteiger partial charge in [-0.25, -0.2) is 23.7 Å². The van der Waals surface area contributed by atoms with Gasteiger partial charge in [0.15, 0.2) is 0 Å². The van der Waals surface area contributed by atoms with Gasteiger partial charge in [-0.15, -0.1) is 11.3 Å². The van der Waals surface area contributed by atoms with E-state index < -0.39 is 23.9 Å². The van der Waals surface area contributed by atoms with Crippen molar-refractivity contribution in [2.45, 2.75) is 95.4 Å². The third kappa shape index (κ3) is 10.7. The first-order chi connectivity index (χ1) is 24.8. The minimum absolute atomic E-state index is 0.111. The highest BCUT2D eigenvalue weighted by atomic mass is 35.5. The lowest BCUT2D eigenvalue weighted by atomic mass is 10.0. The summed E-state index contributed by atoms with van der Waals surface area (Å²) < 4.78 is 28.8. The van der Waals surface area contributed by atoms with Crippen LogP contribution in [0.25, 0.3) is 10.2 Å². The van der Waals surface area contributed by atoms with Crippen LogP contribution in [0.3, 0.4) is 0 Å². The molecule has 2 fully saturated rings. The average molecular weight is 759 g/mol. The summed E-state index contributed by atoms with van der Waals surface area (Å²) in [7, 11) is 0. The number of carbonyl (C=O) groups excluding carboxylic acids is 2. The molecule has 3 aromatic heterocycles. The number of amides is 2. The molecule has 52 heavy (non-hydrogen) atoms. The molecule has 0 radical (unpaired) electrons. The molecule has 280 valence electrons. The molecule has 1 aromatic carbocycles. The van der Waals surface area contributed by atoms with E-state index in [9.17, 15) is 28.6 Å². The lowest BCUT2D eigenvalue weighted by Gasteiger charge is -2.23. The van der Waals surface area contributed by atoms with Gasteiger partial charge in [0.25, 0.3) is 11.8 Å². The van der Waals surface area contributed by atoms with Gasteiger partial charge in [0.2, 0.25) is 0 Å². The molecule has 12 nitrogen and oxygen atoms in total. The molecule has 7 N–H and O–H groups in total. The van der Waals surface area contributed by atoms with E-state index in [0.717, 1.165) is 28.7 Å². The van der Waals surface area contributed by atoms with Crippen molar-refractivity contribution >= 4 is 67.8 Å². The molecule has 3 heterocycles. The third-order valence-electron chi connectivity index (χ3n) is 8.91. The molecule has 4 aromatic rings. The van der Waals surface area contributed by atoms with Gasteiger partial charge >= 0.3 is 0 Å². The number of nitrogens with zero attached hydrogens (tertiary/aromatic N) is 3. The normalized spacial score (nSPS) is 20.5. The van der Waals surface area contributed by atoms with E-state index in [2.05, 4.69) is 41.5 Å². The summed E-state index contributed by atoms with van der Waals surface area (Å²) in [5, 5.41) is 34.7. The van der Waals surface area contributed by atoms with E-state index >= 15 is 0 Å². The van der Waals surface area contributed by atoms with Gasteiger partial charge in [-0.05, 0) is 83.6 Å². The number of thiazole rings is 1. The number of aromatic nitrogens is 3. The molecule has 0 spiro atoms. The fourth-order valence-corrected chi connectivity index (χ4v) is 6.88. The molecule has 6 rings (SSSR count). The fraction of sp³-hybridized carbons (Fsp3) is 0.472. The lowest BCUT2D eigenvalue weighted by Crippen LogP contribution is -2.42. The maximum absolute atomic E-state index is 14.1. The van der Waals surface area contributed by atoms with Crippen LogP contribution in [-0.4, -0.2) is 86.2 Å². The molecule has 0 bridgehead atoms. The number of aliphatic hydroxyl groups excluding tert-OH is 1. The topological polar surface area (TPSA) is 173 Å². The second-order valence-electron chi connectivity index (χ2n) is 13.6. The van der Waals surface area contributed by atoms with Crippen LogP contribution in [-0.2, 0) is 0 Å². The molecule has 2 aliphatic carbocycles. The highest BCUT2D eigenvalue weighted by Crippen LogP contribution is 2.30. The molecular formula is C36H45ClF2N8O4S. The highest BCUT2D eigenvalue weighted by molar-refractivity contribution is 7.16. The fourth-order valence-electron chi connectivity index (χ4n) is 6.00. The SMILES string of the molecule is CC(C)(O)[C@H](F)CNC(=O)c1cnc(Nc2ccc3ncsc3c2)cc1NC1CCC(F)C1.CCNC(=O)c1cnc(Cl)cc1NC1CCC(O)C1. The zero-order chi connectivity index (χ0) is 37.4. The quantitative estimate of drug-likeness (QED) is 0.0803. The number of pyridine rings is 2. The lowest BCUT2D eigenvalue weighted by molar-refractivity contribution is -0.00178. The first-order valence-electron chi connectivity index (χ1n) is 17.3. The summed E-state index contributed by atoms with van der Waals surface area (Å²) in [6.45, 7) is 4.77. The summed E-state index contributed by atoms with van der Waals surface area (Å²) in [6.07, 6.45) is 3.96. The number of anilines is 4. The zero-order valence-electron chi connectivity index (χ0n) is 29.3. The Balaban J connectivity index is 0.000000233. The van der Waals surface area contributed by atoms with E-state index in [1.54, 1.807) is 17.6 Å². The van der Waals surface area contributed by atoms with E-state index in [1.165, 1.54) is 37.6 Å². The summed E-state index contributed by atoms with van der Waals surface area (Å²) in [4.78, 5) is 37.3. The van der Waals surface area contributed by atoms with Crippen LogP contribution >= 0.6 is 22.9 Å². The summed E-state index contributed by atoms with van der Waals surface area (Å²) in [6, 6.07) is 9.16. The van der Waals surface area contributed by atoms with Crippen molar-refractivity contribution in [1.82, 2.24) is 25.6 Å². The number of fused-ring (bicyclic) bond motifs is 1. The van der Waals surface area contributed by atoms with Crippen molar-refractivity contribution in [2.24, 2.45) is 0 Å². The van der Waals surface area contributed by atoms with Gasteiger partial charge in [0.1, 0.15) is 23.3 Å². The van der Waals surface area contributed by atoms with Crippen molar-refractivity contribution in [2.75, 3.05) is 29.0 Å². The maximum atomic E-state index is 14.1. The number of aliphatic hydroxyl groups is 2. The Hall–Kier alpha value is -4.18. The second-order valence-corrected chi connectivity index (χ2v) is 14.9. The number of halogens is 3. The van der Waals surface area contributed by atoms with Crippen molar-refractivity contribution in [3.63, 3.8) is 0 Å². The van der Waals surface area contributed by atoms with Crippen LogP contribution in [0.1, 0.15) is 80.0 Å². The Bertz CT molecular complexity index is 1840. The molecule has 2 amide bonds. The molecular weight excluding hydrogens is 714 g/mol. The number of hydrogen-bond donors (Lipinski definition) is 7. The molecule has 5 atom stereocenters. The predicted octanol–water partition coefficient (Wildman–Crippen LogP) is 6.39.